The SMILES string of the molecule is COCCNC(=O)c1cc2c(n(-c3ccccc3)c1=O)CCCC2=O. The van der Waals surface area contributed by atoms with Gasteiger partial charge in [0.05, 0.1) is 6.61 Å². The van der Waals surface area contributed by atoms with Crippen LogP contribution in [0.2, 0.25) is 0 Å². The zero-order chi connectivity index (χ0) is 17.8. The van der Waals surface area contributed by atoms with E-state index >= 15 is 0 Å². The molecule has 0 bridgehead atoms. The lowest BCUT2D eigenvalue weighted by atomic mass is 9.92. The minimum atomic E-state index is -0.493. The summed E-state index contributed by atoms with van der Waals surface area (Å²) in [4.78, 5) is 37.8. The van der Waals surface area contributed by atoms with E-state index in [0.29, 0.717) is 49.4 Å². The van der Waals surface area contributed by atoms with Crippen LogP contribution < -0.4 is 10.9 Å². The Bertz CT molecular complexity index is 856. The fraction of sp³-hybridized carbons (Fsp3) is 0.316. The fourth-order valence-corrected chi connectivity index (χ4v) is 3.07. The van der Waals surface area contributed by atoms with Gasteiger partial charge in [-0.3, -0.25) is 19.0 Å². The Hall–Kier alpha value is -2.73. The third kappa shape index (κ3) is 3.39. The third-order valence-corrected chi connectivity index (χ3v) is 4.27. The maximum absolute atomic E-state index is 13.0. The second-order valence-electron chi connectivity index (χ2n) is 5.92. The molecule has 1 aromatic carbocycles. The maximum atomic E-state index is 13.0. The number of amides is 1. The first-order chi connectivity index (χ1) is 12.1. The Morgan fingerprint density at radius 1 is 1.20 bits per heavy atom. The van der Waals surface area contributed by atoms with Crippen molar-refractivity contribution in [2.24, 2.45) is 0 Å². The Morgan fingerprint density at radius 3 is 2.68 bits per heavy atom. The van der Waals surface area contributed by atoms with Gasteiger partial charge in [-0.1, -0.05) is 18.2 Å². The summed E-state index contributed by atoms with van der Waals surface area (Å²) in [7, 11) is 1.53. The van der Waals surface area contributed by atoms with Crippen molar-refractivity contribution in [3.63, 3.8) is 0 Å². The molecule has 1 aliphatic carbocycles. The first-order valence-electron chi connectivity index (χ1n) is 8.28. The van der Waals surface area contributed by atoms with Crippen molar-refractivity contribution in [2.75, 3.05) is 20.3 Å². The molecule has 2 aromatic rings. The molecule has 25 heavy (non-hydrogen) atoms. The summed E-state index contributed by atoms with van der Waals surface area (Å²) in [6, 6.07) is 10.5. The predicted octanol–water partition coefficient (Wildman–Crippen LogP) is 1.73. The van der Waals surface area contributed by atoms with Crippen LogP contribution in [0.4, 0.5) is 0 Å². The van der Waals surface area contributed by atoms with Gasteiger partial charge in [-0.25, -0.2) is 0 Å². The van der Waals surface area contributed by atoms with Crippen molar-refractivity contribution >= 4 is 11.7 Å². The van der Waals surface area contributed by atoms with Crippen molar-refractivity contribution in [3.05, 3.63) is 63.6 Å². The molecule has 6 nitrogen and oxygen atoms in total. The second kappa shape index (κ2) is 7.44. The summed E-state index contributed by atoms with van der Waals surface area (Å²) >= 11 is 0. The second-order valence-corrected chi connectivity index (χ2v) is 5.92. The predicted molar refractivity (Wildman–Crippen MR) is 93.5 cm³/mol. The van der Waals surface area contributed by atoms with Gasteiger partial charge in [0, 0.05) is 37.0 Å². The summed E-state index contributed by atoms with van der Waals surface area (Å²) < 4.78 is 6.40. The van der Waals surface area contributed by atoms with Crippen molar-refractivity contribution < 1.29 is 14.3 Å². The van der Waals surface area contributed by atoms with Gasteiger partial charge < -0.3 is 10.1 Å². The van der Waals surface area contributed by atoms with Crippen molar-refractivity contribution in [2.45, 2.75) is 19.3 Å². The summed E-state index contributed by atoms with van der Waals surface area (Å²) in [6.45, 7) is 0.646. The van der Waals surface area contributed by atoms with Gasteiger partial charge in [-0.05, 0) is 31.0 Å². The van der Waals surface area contributed by atoms with Crippen molar-refractivity contribution in [1.82, 2.24) is 9.88 Å². The Labute approximate surface area is 145 Å². The van der Waals surface area contributed by atoms with E-state index in [1.54, 1.807) is 12.1 Å². The highest BCUT2D eigenvalue weighted by molar-refractivity contribution is 6.01. The van der Waals surface area contributed by atoms with Gasteiger partial charge in [0.1, 0.15) is 5.56 Å². The summed E-state index contributed by atoms with van der Waals surface area (Å²) in [5.41, 5.74) is 1.38. The molecule has 0 radical (unpaired) electrons. The number of Topliss-reactive ketones (excluding diaryl/α,β-unsaturated/α-hetero) is 1. The molecule has 0 saturated heterocycles. The minimum absolute atomic E-state index is 0.0195. The van der Waals surface area contributed by atoms with E-state index in [1.807, 2.05) is 18.2 Å². The molecule has 0 fully saturated rings. The summed E-state index contributed by atoms with van der Waals surface area (Å²) in [5, 5.41) is 2.65. The monoisotopic (exact) mass is 340 g/mol. The molecule has 6 heteroatoms. The lowest BCUT2D eigenvalue weighted by Crippen LogP contribution is -2.37. The van der Waals surface area contributed by atoms with Crippen LogP contribution in [0.3, 0.4) is 0 Å². The van der Waals surface area contributed by atoms with Crippen molar-refractivity contribution in [3.8, 4) is 5.69 Å². The number of hydrogen-bond donors (Lipinski definition) is 1. The van der Waals surface area contributed by atoms with E-state index in [4.69, 9.17) is 4.74 Å². The molecular formula is C19H20N2O4. The van der Waals surface area contributed by atoms with E-state index in [2.05, 4.69) is 5.32 Å². The molecule has 1 aromatic heterocycles. The van der Waals surface area contributed by atoms with Crippen LogP contribution in [0, 0.1) is 0 Å². The molecule has 1 aliphatic rings. The van der Waals surface area contributed by atoms with Gasteiger partial charge in [0.25, 0.3) is 11.5 Å². The van der Waals surface area contributed by atoms with Crippen LogP contribution in [-0.4, -0.2) is 36.5 Å². The topological polar surface area (TPSA) is 77.4 Å². The van der Waals surface area contributed by atoms with Gasteiger partial charge in [0.2, 0.25) is 0 Å². The third-order valence-electron chi connectivity index (χ3n) is 4.27. The number of methoxy groups -OCH3 is 1. The van der Waals surface area contributed by atoms with Crippen LogP contribution in [-0.2, 0) is 11.2 Å². The number of pyridine rings is 1. The van der Waals surface area contributed by atoms with Gasteiger partial charge in [0.15, 0.2) is 5.78 Å². The number of nitrogens with zero attached hydrogens (tertiary/aromatic N) is 1. The molecule has 3 rings (SSSR count). The largest absolute Gasteiger partial charge is 0.383 e. The molecule has 130 valence electrons. The van der Waals surface area contributed by atoms with Crippen LogP contribution in [0.5, 0.6) is 0 Å². The molecule has 1 heterocycles. The smallest absolute Gasteiger partial charge is 0.268 e. The summed E-state index contributed by atoms with van der Waals surface area (Å²) in [5.74, 6) is -0.523. The van der Waals surface area contributed by atoms with E-state index in [-0.39, 0.29) is 11.3 Å². The highest BCUT2D eigenvalue weighted by atomic mass is 16.5. The van der Waals surface area contributed by atoms with Crippen molar-refractivity contribution in [1.29, 1.82) is 0 Å². The van der Waals surface area contributed by atoms with Gasteiger partial charge in [-0.2, -0.15) is 0 Å². The Balaban J connectivity index is 2.15. The quantitative estimate of drug-likeness (QED) is 0.841. The van der Waals surface area contributed by atoms with Gasteiger partial charge >= 0.3 is 0 Å². The van der Waals surface area contributed by atoms with E-state index < -0.39 is 11.5 Å². The van der Waals surface area contributed by atoms with Crippen LogP contribution >= 0.6 is 0 Å². The molecule has 0 unspecified atom stereocenters. The Morgan fingerprint density at radius 2 is 1.96 bits per heavy atom. The molecule has 1 amide bonds. The molecule has 1 N–H and O–H groups in total. The standard InChI is InChI=1S/C19H20N2O4/c1-25-11-10-20-18(23)15-12-14-16(8-5-9-17(14)22)21(19(15)24)13-6-3-2-4-7-13/h2-4,6-7,12H,5,8-11H2,1H3,(H,20,23). The molecule has 0 saturated carbocycles. The molecule has 0 spiro atoms. The zero-order valence-corrected chi connectivity index (χ0v) is 14.1. The highest BCUT2D eigenvalue weighted by Gasteiger charge is 2.26. The number of nitrogens with one attached hydrogen (secondary N) is 1. The molecule has 0 atom stereocenters. The summed E-state index contributed by atoms with van der Waals surface area (Å²) in [6.07, 6.45) is 1.78. The zero-order valence-electron chi connectivity index (χ0n) is 14.1. The first-order valence-corrected chi connectivity index (χ1v) is 8.28. The number of ketones is 1. The fourth-order valence-electron chi connectivity index (χ4n) is 3.07. The Kier molecular flexibility index (Phi) is 5.09. The number of rotatable bonds is 5. The number of ether oxygens (including phenoxy) is 1. The van der Waals surface area contributed by atoms with Crippen LogP contribution in [0.1, 0.15) is 39.3 Å². The first kappa shape index (κ1) is 17.1. The van der Waals surface area contributed by atoms with E-state index in [0.717, 1.165) is 0 Å². The van der Waals surface area contributed by atoms with Crippen LogP contribution in [0.15, 0.2) is 41.2 Å². The van der Waals surface area contributed by atoms with E-state index in [1.165, 1.54) is 17.7 Å². The van der Waals surface area contributed by atoms with Gasteiger partial charge in [-0.15, -0.1) is 0 Å². The average Bonchev–Trinajstić information content (AvgIpc) is 2.62. The number of aromatic nitrogens is 1. The minimum Gasteiger partial charge on any atom is -0.383 e. The van der Waals surface area contributed by atoms with E-state index in [9.17, 15) is 14.4 Å². The lowest BCUT2D eigenvalue weighted by Gasteiger charge is -2.21. The number of benzene rings is 1. The molecule has 0 aliphatic heterocycles. The van der Waals surface area contributed by atoms with Crippen LogP contribution in [0.25, 0.3) is 5.69 Å². The highest BCUT2D eigenvalue weighted by Crippen LogP contribution is 2.23. The normalized spacial score (nSPS) is 13.4. The number of fused-ring (bicyclic) bond motifs is 1. The number of para-hydroxylation sites is 1. The number of carbonyl (C=O) groups is 2. The number of carbonyl (C=O) groups excluding carboxylic acids is 2. The molecular weight excluding hydrogens is 320 g/mol. The average molecular weight is 340 g/mol. The number of hydrogen-bond acceptors (Lipinski definition) is 4. The maximum Gasteiger partial charge on any atom is 0.268 e. The lowest BCUT2D eigenvalue weighted by molar-refractivity contribution is 0.0935.